The quantitative estimate of drug-likeness (QED) is 0.893. The molecule has 2 rings (SSSR count). The van der Waals surface area contributed by atoms with Gasteiger partial charge in [-0.15, -0.1) is 0 Å². The molecule has 0 aliphatic carbocycles. The first-order valence-corrected chi connectivity index (χ1v) is 7.37. The Morgan fingerprint density at radius 3 is 2.41 bits per heavy atom. The summed E-state index contributed by atoms with van der Waals surface area (Å²) in [5.41, 5.74) is 6.42. The fourth-order valence-corrected chi connectivity index (χ4v) is 2.84. The first kappa shape index (κ1) is 16.4. The van der Waals surface area contributed by atoms with Gasteiger partial charge in [-0.1, -0.05) is 0 Å². The van der Waals surface area contributed by atoms with Crippen molar-refractivity contribution in [3.63, 3.8) is 0 Å². The lowest BCUT2D eigenvalue weighted by Crippen LogP contribution is -2.33. The van der Waals surface area contributed by atoms with Crippen molar-refractivity contribution in [2.24, 2.45) is 11.7 Å². The number of carbonyl (C=O) groups excluding carboxylic acids is 1. The molecular formula is C16H24N2O4. The lowest BCUT2D eigenvalue weighted by molar-refractivity contribution is 0.0782. The smallest absolute Gasteiger partial charge is 0.257 e. The Hall–Kier alpha value is -1.95. The lowest BCUT2D eigenvalue weighted by atomic mass is 10.0. The van der Waals surface area contributed by atoms with Crippen LogP contribution in [0.2, 0.25) is 0 Å². The molecule has 1 fully saturated rings. The SMILES string of the molecule is COc1ccc(C(=O)N2CCC(C(C)N)C2)c(OC)c1OC. The number of likely N-dealkylation sites (tertiary alicyclic amines) is 1. The zero-order valence-electron chi connectivity index (χ0n) is 13.6. The zero-order valence-corrected chi connectivity index (χ0v) is 13.6. The molecule has 6 nitrogen and oxygen atoms in total. The third kappa shape index (κ3) is 2.97. The molecule has 1 heterocycles. The van der Waals surface area contributed by atoms with E-state index in [9.17, 15) is 4.79 Å². The molecule has 1 amide bonds. The number of hydrogen-bond acceptors (Lipinski definition) is 5. The van der Waals surface area contributed by atoms with Crippen LogP contribution in [0.15, 0.2) is 12.1 Å². The van der Waals surface area contributed by atoms with Crippen LogP contribution in [0.4, 0.5) is 0 Å². The summed E-state index contributed by atoms with van der Waals surface area (Å²) in [5.74, 6) is 1.64. The molecule has 0 spiro atoms. The average molecular weight is 308 g/mol. The van der Waals surface area contributed by atoms with Crippen LogP contribution in [-0.2, 0) is 0 Å². The number of nitrogens with zero attached hydrogens (tertiary/aromatic N) is 1. The summed E-state index contributed by atoms with van der Waals surface area (Å²) < 4.78 is 16.0. The highest BCUT2D eigenvalue weighted by Gasteiger charge is 2.31. The Bertz CT molecular complexity index is 545. The van der Waals surface area contributed by atoms with E-state index in [4.69, 9.17) is 19.9 Å². The van der Waals surface area contributed by atoms with Crippen LogP contribution in [-0.4, -0.2) is 51.3 Å². The van der Waals surface area contributed by atoms with Gasteiger partial charge in [0.1, 0.15) is 0 Å². The minimum absolute atomic E-state index is 0.0686. The summed E-state index contributed by atoms with van der Waals surface area (Å²) in [4.78, 5) is 14.6. The number of nitrogens with two attached hydrogens (primary N) is 1. The number of ether oxygens (including phenoxy) is 3. The van der Waals surface area contributed by atoms with Crippen LogP contribution in [0.5, 0.6) is 17.2 Å². The molecule has 1 saturated heterocycles. The van der Waals surface area contributed by atoms with E-state index in [1.54, 1.807) is 19.2 Å². The number of rotatable bonds is 5. The highest BCUT2D eigenvalue weighted by molar-refractivity contribution is 5.98. The summed E-state index contributed by atoms with van der Waals surface area (Å²) in [6, 6.07) is 3.51. The van der Waals surface area contributed by atoms with E-state index in [-0.39, 0.29) is 11.9 Å². The van der Waals surface area contributed by atoms with Gasteiger partial charge in [0, 0.05) is 19.1 Å². The molecule has 122 valence electrons. The number of carbonyl (C=O) groups is 1. The van der Waals surface area contributed by atoms with Crippen LogP contribution in [0.25, 0.3) is 0 Å². The standard InChI is InChI=1S/C16H24N2O4/c1-10(17)11-7-8-18(9-11)16(19)12-5-6-13(20-2)15(22-4)14(12)21-3/h5-6,10-11H,7-9,17H2,1-4H3. The maximum atomic E-state index is 12.8. The van der Waals surface area contributed by atoms with Gasteiger partial charge in [0.25, 0.3) is 5.91 Å². The molecule has 6 heteroatoms. The Labute approximate surface area is 131 Å². The van der Waals surface area contributed by atoms with E-state index in [1.165, 1.54) is 14.2 Å². The van der Waals surface area contributed by atoms with Crippen LogP contribution in [0.3, 0.4) is 0 Å². The third-order valence-electron chi connectivity index (χ3n) is 4.19. The van der Waals surface area contributed by atoms with E-state index in [0.29, 0.717) is 41.8 Å². The van der Waals surface area contributed by atoms with Crippen LogP contribution in [0.1, 0.15) is 23.7 Å². The van der Waals surface area contributed by atoms with Gasteiger partial charge in [0.2, 0.25) is 5.75 Å². The second kappa shape index (κ2) is 6.87. The van der Waals surface area contributed by atoms with E-state index in [0.717, 1.165) is 6.42 Å². The first-order valence-electron chi connectivity index (χ1n) is 7.37. The largest absolute Gasteiger partial charge is 0.493 e. The molecular weight excluding hydrogens is 284 g/mol. The molecule has 2 atom stereocenters. The lowest BCUT2D eigenvalue weighted by Gasteiger charge is -2.21. The van der Waals surface area contributed by atoms with Gasteiger partial charge < -0.3 is 24.8 Å². The number of amides is 1. The number of benzene rings is 1. The molecule has 0 saturated carbocycles. The molecule has 0 bridgehead atoms. The molecule has 1 aromatic carbocycles. The summed E-state index contributed by atoms with van der Waals surface area (Å²) in [7, 11) is 4.59. The fourth-order valence-electron chi connectivity index (χ4n) is 2.84. The van der Waals surface area contributed by atoms with E-state index < -0.39 is 0 Å². The predicted octanol–water partition coefficient (Wildman–Crippen LogP) is 1.52. The van der Waals surface area contributed by atoms with Gasteiger partial charge in [0.15, 0.2) is 11.5 Å². The summed E-state index contributed by atoms with van der Waals surface area (Å²) in [6.45, 7) is 3.37. The highest BCUT2D eigenvalue weighted by Crippen LogP contribution is 2.40. The molecule has 0 radical (unpaired) electrons. The van der Waals surface area contributed by atoms with Crippen molar-refractivity contribution in [3.8, 4) is 17.2 Å². The van der Waals surface area contributed by atoms with Crippen LogP contribution >= 0.6 is 0 Å². The molecule has 1 aromatic rings. The van der Waals surface area contributed by atoms with Crippen molar-refractivity contribution >= 4 is 5.91 Å². The van der Waals surface area contributed by atoms with Gasteiger partial charge in [0.05, 0.1) is 26.9 Å². The van der Waals surface area contributed by atoms with Crippen molar-refractivity contribution in [2.75, 3.05) is 34.4 Å². The molecule has 0 aromatic heterocycles. The molecule has 1 aliphatic heterocycles. The molecule has 1 aliphatic rings. The van der Waals surface area contributed by atoms with Crippen molar-refractivity contribution in [1.82, 2.24) is 4.90 Å². The molecule has 2 unspecified atom stereocenters. The molecule has 2 N–H and O–H groups in total. The highest BCUT2D eigenvalue weighted by atomic mass is 16.5. The van der Waals surface area contributed by atoms with Crippen LogP contribution in [0, 0.1) is 5.92 Å². The minimum atomic E-state index is -0.0686. The van der Waals surface area contributed by atoms with E-state index in [1.807, 2.05) is 11.8 Å². The maximum Gasteiger partial charge on any atom is 0.257 e. The van der Waals surface area contributed by atoms with Crippen molar-refractivity contribution in [1.29, 1.82) is 0 Å². The fraction of sp³-hybridized carbons (Fsp3) is 0.562. The third-order valence-corrected chi connectivity index (χ3v) is 4.19. The van der Waals surface area contributed by atoms with Gasteiger partial charge in [-0.25, -0.2) is 0 Å². The minimum Gasteiger partial charge on any atom is -0.493 e. The summed E-state index contributed by atoms with van der Waals surface area (Å²) in [6.07, 6.45) is 0.930. The van der Waals surface area contributed by atoms with Crippen molar-refractivity contribution in [3.05, 3.63) is 17.7 Å². The van der Waals surface area contributed by atoms with E-state index in [2.05, 4.69) is 0 Å². The predicted molar refractivity (Wildman–Crippen MR) is 83.8 cm³/mol. The Morgan fingerprint density at radius 2 is 1.91 bits per heavy atom. The first-order chi connectivity index (χ1) is 10.5. The van der Waals surface area contributed by atoms with E-state index >= 15 is 0 Å². The number of methoxy groups -OCH3 is 3. The monoisotopic (exact) mass is 308 g/mol. The van der Waals surface area contributed by atoms with Crippen molar-refractivity contribution < 1.29 is 19.0 Å². The van der Waals surface area contributed by atoms with Gasteiger partial charge in [-0.2, -0.15) is 0 Å². The second-order valence-corrected chi connectivity index (χ2v) is 5.54. The summed E-state index contributed by atoms with van der Waals surface area (Å²) in [5, 5.41) is 0. The van der Waals surface area contributed by atoms with Gasteiger partial charge >= 0.3 is 0 Å². The average Bonchev–Trinajstić information content (AvgIpc) is 3.02. The zero-order chi connectivity index (χ0) is 16.3. The topological polar surface area (TPSA) is 74.0 Å². The maximum absolute atomic E-state index is 12.8. The van der Waals surface area contributed by atoms with Crippen LogP contribution < -0.4 is 19.9 Å². The summed E-state index contributed by atoms with van der Waals surface area (Å²) >= 11 is 0. The number of hydrogen-bond donors (Lipinski definition) is 1. The Balaban J connectivity index is 2.30. The Kier molecular flexibility index (Phi) is 5.13. The normalized spacial score (nSPS) is 19.0. The van der Waals surface area contributed by atoms with Gasteiger partial charge in [-0.3, -0.25) is 4.79 Å². The Morgan fingerprint density at radius 1 is 1.23 bits per heavy atom. The second-order valence-electron chi connectivity index (χ2n) is 5.54. The van der Waals surface area contributed by atoms with Crippen molar-refractivity contribution in [2.45, 2.75) is 19.4 Å². The van der Waals surface area contributed by atoms with Gasteiger partial charge in [-0.05, 0) is 31.4 Å². The molecule has 22 heavy (non-hydrogen) atoms.